The molecule has 0 radical (unpaired) electrons. The predicted molar refractivity (Wildman–Crippen MR) is 59.2 cm³/mol. The number of carbonyl (C=O) groups is 1. The largest absolute Gasteiger partial charge is 0.467 e. The van der Waals surface area contributed by atoms with Gasteiger partial charge in [0.05, 0.1) is 12.8 Å². The van der Waals surface area contributed by atoms with Gasteiger partial charge in [0.25, 0.3) is 0 Å². The van der Waals surface area contributed by atoms with E-state index < -0.39 is 0 Å². The molecule has 1 unspecified atom stereocenters. The summed E-state index contributed by atoms with van der Waals surface area (Å²) < 4.78 is 4.79. The third-order valence-electron chi connectivity index (χ3n) is 2.58. The number of hydrogen-bond donors (Lipinski definition) is 0. The monoisotopic (exact) mass is 226 g/mol. The van der Waals surface area contributed by atoms with Gasteiger partial charge in [-0.3, -0.25) is 0 Å². The first-order valence-electron chi connectivity index (χ1n) is 4.99. The lowest BCUT2D eigenvalue weighted by Crippen LogP contribution is -2.36. The molecule has 0 aromatic carbocycles. The average molecular weight is 226 g/mol. The maximum absolute atomic E-state index is 11.5. The summed E-state index contributed by atoms with van der Waals surface area (Å²) in [6.07, 6.45) is 1.89. The quantitative estimate of drug-likeness (QED) is 0.718. The molecule has 1 aromatic heterocycles. The van der Waals surface area contributed by atoms with Crippen LogP contribution in [0.4, 0.5) is 5.13 Å². The van der Waals surface area contributed by atoms with Crippen LogP contribution in [0.2, 0.25) is 0 Å². The number of nitrogens with zero attached hydrogens (tertiary/aromatic N) is 2. The van der Waals surface area contributed by atoms with Crippen molar-refractivity contribution in [1.82, 2.24) is 4.98 Å². The Labute approximate surface area is 92.9 Å². The Morgan fingerprint density at radius 2 is 2.53 bits per heavy atom. The molecule has 0 spiro atoms. The number of aromatic nitrogens is 1. The summed E-state index contributed by atoms with van der Waals surface area (Å²) in [7, 11) is 1.44. The molecule has 1 fully saturated rings. The number of carbonyl (C=O) groups excluding carboxylic acids is 1. The van der Waals surface area contributed by atoms with E-state index in [9.17, 15) is 4.79 Å². The highest BCUT2D eigenvalue weighted by atomic mass is 32.1. The zero-order chi connectivity index (χ0) is 10.8. The fraction of sp³-hybridized carbons (Fsp3) is 0.600. The van der Waals surface area contributed by atoms with Crippen molar-refractivity contribution in [3.8, 4) is 0 Å². The molecule has 1 aliphatic heterocycles. The SMILES string of the molecule is COC(=O)C1CCCN1c1nc(C)cs1. The molecule has 0 bridgehead atoms. The van der Waals surface area contributed by atoms with E-state index in [1.165, 1.54) is 7.11 Å². The Balaban J connectivity index is 2.18. The summed E-state index contributed by atoms with van der Waals surface area (Å²) in [4.78, 5) is 18.0. The van der Waals surface area contributed by atoms with Gasteiger partial charge in [0.15, 0.2) is 5.13 Å². The predicted octanol–water partition coefficient (Wildman–Crippen LogP) is 1.59. The first-order chi connectivity index (χ1) is 7.22. The number of aryl methyl sites for hydroxylation is 1. The molecule has 0 aliphatic carbocycles. The Kier molecular flexibility index (Phi) is 2.90. The van der Waals surface area contributed by atoms with Crippen molar-refractivity contribution >= 4 is 22.4 Å². The van der Waals surface area contributed by atoms with E-state index in [1.807, 2.05) is 17.2 Å². The third kappa shape index (κ3) is 1.97. The fourth-order valence-corrected chi connectivity index (χ4v) is 2.73. The second-order valence-corrected chi connectivity index (χ2v) is 4.48. The molecule has 1 atom stereocenters. The highest BCUT2D eigenvalue weighted by molar-refractivity contribution is 7.13. The Morgan fingerprint density at radius 1 is 1.73 bits per heavy atom. The zero-order valence-electron chi connectivity index (χ0n) is 8.90. The molecule has 1 saturated heterocycles. The van der Waals surface area contributed by atoms with Crippen LogP contribution in [0.5, 0.6) is 0 Å². The molecule has 1 aromatic rings. The summed E-state index contributed by atoms with van der Waals surface area (Å²) in [6, 6.07) is -0.138. The molecule has 15 heavy (non-hydrogen) atoms. The third-order valence-corrected chi connectivity index (χ3v) is 3.57. The van der Waals surface area contributed by atoms with E-state index in [2.05, 4.69) is 4.98 Å². The molecule has 5 heteroatoms. The van der Waals surface area contributed by atoms with E-state index in [0.717, 1.165) is 30.2 Å². The van der Waals surface area contributed by atoms with E-state index in [-0.39, 0.29) is 12.0 Å². The van der Waals surface area contributed by atoms with Gasteiger partial charge in [0, 0.05) is 11.9 Å². The Hall–Kier alpha value is -1.10. The molecule has 0 saturated carbocycles. The van der Waals surface area contributed by atoms with Crippen LogP contribution < -0.4 is 4.90 Å². The molecule has 0 amide bonds. The van der Waals surface area contributed by atoms with Crippen molar-refractivity contribution in [2.45, 2.75) is 25.8 Å². The molecular weight excluding hydrogens is 212 g/mol. The van der Waals surface area contributed by atoms with Crippen LogP contribution in [0.15, 0.2) is 5.38 Å². The van der Waals surface area contributed by atoms with Crippen LogP contribution in [-0.4, -0.2) is 30.6 Å². The number of ether oxygens (including phenoxy) is 1. The summed E-state index contributed by atoms with van der Waals surface area (Å²) in [5.41, 5.74) is 1.01. The second kappa shape index (κ2) is 4.18. The maximum Gasteiger partial charge on any atom is 0.328 e. The molecule has 1 aliphatic rings. The molecule has 82 valence electrons. The number of esters is 1. The lowest BCUT2D eigenvalue weighted by atomic mass is 10.2. The minimum absolute atomic E-state index is 0.138. The van der Waals surface area contributed by atoms with Crippen molar-refractivity contribution < 1.29 is 9.53 Å². The zero-order valence-corrected chi connectivity index (χ0v) is 9.71. The molecular formula is C10H14N2O2S. The minimum Gasteiger partial charge on any atom is -0.467 e. The van der Waals surface area contributed by atoms with Gasteiger partial charge in [-0.05, 0) is 19.8 Å². The van der Waals surface area contributed by atoms with Gasteiger partial charge in [0.1, 0.15) is 6.04 Å². The van der Waals surface area contributed by atoms with Crippen molar-refractivity contribution in [2.24, 2.45) is 0 Å². The first-order valence-corrected chi connectivity index (χ1v) is 5.87. The number of thiazole rings is 1. The standard InChI is InChI=1S/C10H14N2O2S/c1-7-6-15-10(11-7)12-5-3-4-8(12)9(13)14-2/h6,8H,3-5H2,1-2H3. The second-order valence-electron chi connectivity index (χ2n) is 3.65. The van der Waals surface area contributed by atoms with E-state index in [1.54, 1.807) is 11.3 Å². The van der Waals surface area contributed by atoms with Crippen LogP contribution in [0.3, 0.4) is 0 Å². The molecule has 4 nitrogen and oxygen atoms in total. The van der Waals surface area contributed by atoms with E-state index >= 15 is 0 Å². The summed E-state index contributed by atoms with van der Waals surface area (Å²) >= 11 is 1.59. The van der Waals surface area contributed by atoms with Crippen molar-refractivity contribution in [1.29, 1.82) is 0 Å². The van der Waals surface area contributed by atoms with Gasteiger partial charge in [-0.25, -0.2) is 9.78 Å². The van der Waals surface area contributed by atoms with Crippen molar-refractivity contribution in [3.63, 3.8) is 0 Å². The van der Waals surface area contributed by atoms with Gasteiger partial charge in [0.2, 0.25) is 0 Å². The molecule has 2 rings (SSSR count). The maximum atomic E-state index is 11.5. The van der Waals surface area contributed by atoms with Gasteiger partial charge in [-0.15, -0.1) is 11.3 Å². The number of rotatable bonds is 2. The van der Waals surface area contributed by atoms with E-state index in [4.69, 9.17) is 4.74 Å². The lowest BCUT2D eigenvalue weighted by molar-refractivity contribution is -0.141. The highest BCUT2D eigenvalue weighted by Crippen LogP contribution is 2.28. The van der Waals surface area contributed by atoms with Gasteiger partial charge < -0.3 is 9.64 Å². The number of hydrogen-bond acceptors (Lipinski definition) is 5. The van der Waals surface area contributed by atoms with Crippen molar-refractivity contribution in [2.75, 3.05) is 18.6 Å². The van der Waals surface area contributed by atoms with Crippen molar-refractivity contribution in [3.05, 3.63) is 11.1 Å². The minimum atomic E-state index is -0.152. The van der Waals surface area contributed by atoms with E-state index in [0.29, 0.717) is 0 Å². The normalized spacial score (nSPS) is 20.7. The highest BCUT2D eigenvalue weighted by Gasteiger charge is 2.32. The Bertz CT molecular complexity index is 364. The lowest BCUT2D eigenvalue weighted by Gasteiger charge is -2.21. The first kappa shape index (κ1) is 10.4. The smallest absolute Gasteiger partial charge is 0.328 e. The number of anilines is 1. The Morgan fingerprint density at radius 3 is 3.13 bits per heavy atom. The number of methoxy groups -OCH3 is 1. The molecule has 2 heterocycles. The summed E-state index contributed by atoms with van der Waals surface area (Å²) in [5, 5.41) is 2.93. The van der Waals surface area contributed by atoms with Gasteiger partial charge in [-0.2, -0.15) is 0 Å². The van der Waals surface area contributed by atoms with Crippen LogP contribution in [0.25, 0.3) is 0 Å². The van der Waals surface area contributed by atoms with Gasteiger partial charge >= 0.3 is 5.97 Å². The van der Waals surface area contributed by atoms with Crippen LogP contribution >= 0.6 is 11.3 Å². The average Bonchev–Trinajstić information content (AvgIpc) is 2.84. The molecule has 0 N–H and O–H groups in total. The van der Waals surface area contributed by atoms with Crippen LogP contribution in [0.1, 0.15) is 18.5 Å². The fourth-order valence-electron chi connectivity index (χ4n) is 1.85. The summed E-state index contributed by atoms with van der Waals surface area (Å²) in [5.74, 6) is -0.152. The summed E-state index contributed by atoms with van der Waals surface area (Å²) in [6.45, 7) is 2.86. The van der Waals surface area contributed by atoms with Gasteiger partial charge in [-0.1, -0.05) is 0 Å². The van der Waals surface area contributed by atoms with Crippen LogP contribution in [-0.2, 0) is 9.53 Å². The topological polar surface area (TPSA) is 42.4 Å². The van der Waals surface area contributed by atoms with Crippen LogP contribution in [0, 0.1) is 6.92 Å².